The Bertz CT molecular complexity index is 433. The molecule has 3 atom stereocenters. The number of ether oxygens (including phenoxy) is 2. The first kappa shape index (κ1) is 15.2. The van der Waals surface area contributed by atoms with Crippen LogP contribution in [-0.2, 0) is 0 Å². The van der Waals surface area contributed by atoms with E-state index >= 15 is 0 Å². The van der Waals surface area contributed by atoms with Gasteiger partial charge in [0.25, 0.3) is 0 Å². The van der Waals surface area contributed by atoms with Crippen molar-refractivity contribution >= 4 is 0 Å². The molecule has 0 amide bonds. The van der Waals surface area contributed by atoms with Crippen molar-refractivity contribution in [2.24, 2.45) is 17.6 Å². The zero-order valence-electron chi connectivity index (χ0n) is 12.9. The van der Waals surface area contributed by atoms with Crippen molar-refractivity contribution in [2.75, 3.05) is 14.2 Å². The van der Waals surface area contributed by atoms with Crippen LogP contribution in [0.2, 0.25) is 0 Å². The average molecular weight is 277 g/mol. The summed E-state index contributed by atoms with van der Waals surface area (Å²) in [6.07, 6.45) is 6.45. The number of nitrogens with two attached hydrogens (primary N) is 1. The van der Waals surface area contributed by atoms with Crippen LogP contribution in [-0.4, -0.2) is 14.2 Å². The molecule has 0 spiro atoms. The lowest BCUT2D eigenvalue weighted by Gasteiger charge is -2.32. The van der Waals surface area contributed by atoms with E-state index in [4.69, 9.17) is 15.2 Å². The molecule has 1 saturated carbocycles. The molecule has 0 bridgehead atoms. The molecule has 3 unspecified atom stereocenters. The van der Waals surface area contributed by atoms with E-state index in [9.17, 15) is 0 Å². The van der Waals surface area contributed by atoms with Crippen molar-refractivity contribution in [2.45, 2.75) is 45.1 Å². The summed E-state index contributed by atoms with van der Waals surface area (Å²) in [5.74, 6) is 2.97. The van der Waals surface area contributed by atoms with Gasteiger partial charge in [-0.3, -0.25) is 0 Å². The highest BCUT2D eigenvalue weighted by atomic mass is 16.5. The molecule has 0 heterocycles. The normalized spacial score (nSPS) is 24.2. The number of hydrogen-bond donors (Lipinski definition) is 1. The van der Waals surface area contributed by atoms with Gasteiger partial charge in [-0.25, -0.2) is 0 Å². The number of hydrogen-bond acceptors (Lipinski definition) is 3. The van der Waals surface area contributed by atoms with Crippen molar-refractivity contribution in [1.82, 2.24) is 0 Å². The molecule has 0 saturated heterocycles. The first-order chi connectivity index (χ1) is 9.69. The predicted octanol–water partition coefficient (Wildman–Crippen LogP) is 3.92. The lowest BCUT2D eigenvalue weighted by Crippen LogP contribution is -2.26. The van der Waals surface area contributed by atoms with Gasteiger partial charge in [0.05, 0.1) is 14.2 Å². The molecule has 1 fully saturated rings. The van der Waals surface area contributed by atoms with Gasteiger partial charge in [-0.1, -0.05) is 32.3 Å². The first-order valence-corrected chi connectivity index (χ1v) is 7.67. The monoisotopic (exact) mass is 277 g/mol. The van der Waals surface area contributed by atoms with Gasteiger partial charge in [-0.05, 0) is 42.4 Å². The summed E-state index contributed by atoms with van der Waals surface area (Å²) in [5, 5.41) is 0. The summed E-state index contributed by atoms with van der Waals surface area (Å²) in [7, 11) is 3.32. The lowest BCUT2D eigenvalue weighted by molar-refractivity contribution is 0.230. The summed E-state index contributed by atoms with van der Waals surface area (Å²) in [4.78, 5) is 0. The van der Waals surface area contributed by atoms with Gasteiger partial charge in [0.15, 0.2) is 11.5 Å². The molecule has 112 valence electrons. The smallest absolute Gasteiger partial charge is 0.161 e. The maximum Gasteiger partial charge on any atom is 0.161 e. The van der Waals surface area contributed by atoms with Crippen LogP contribution in [0.4, 0.5) is 0 Å². The quantitative estimate of drug-likeness (QED) is 0.887. The van der Waals surface area contributed by atoms with Crippen LogP contribution < -0.4 is 15.2 Å². The van der Waals surface area contributed by atoms with Gasteiger partial charge in [0.1, 0.15) is 0 Å². The molecule has 3 heteroatoms. The molecule has 1 aliphatic rings. The molecule has 0 aromatic heterocycles. The second kappa shape index (κ2) is 6.98. The molecule has 1 aromatic rings. The highest BCUT2D eigenvalue weighted by Gasteiger charge is 2.27. The predicted molar refractivity (Wildman–Crippen MR) is 82.2 cm³/mol. The zero-order valence-corrected chi connectivity index (χ0v) is 12.9. The number of methoxy groups -OCH3 is 2. The summed E-state index contributed by atoms with van der Waals surface area (Å²) in [5.41, 5.74) is 7.66. The minimum Gasteiger partial charge on any atom is -0.493 e. The molecular weight excluding hydrogens is 250 g/mol. The van der Waals surface area contributed by atoms with Gasteiger partial charge < -0.3 is 15.2 Å². The fourth-order valence-corrected chi connectivity index (χ4v) is 3.36. The van der Waals surface area contributed by atoms with E-state index in [1.165, 1.54) is 32.1 Å². The molecule has 3 nitrogen and oxygen atoms in total. The Hall–Kier alpha value is -1.22. The van der Waals surface area contributed by atoms with Gasteiger partial charge in [0.2, 0.25) is 0 Å². The lowest BCUT2D eigenvalue weighted by atomic mass is 9.75. The Balaban J connectivity index is 2.13. The van der Waals surface area contributed by atoms with Crippen LogP contribution in [0.15, 0.2) is 18.2 Å². The third-order valence-electron chi connectivity index (χ3n) is 4.70. The van der Waals surface area contributed by atoms with Crippen LogP contribution in [0.3, 0.4) is 0 Å². The third kappa shape index (κ3) is 3.26. The van der Waals surface area contributed by atoms with Crippen LogP contribution in [0.5, 0.6) is 11.5 Å². The number of rotatable bonds is 5. The van der Waals surface area contributed by atoms with Crippen molar-refractivity contribution in [3.05, 3.63) is 23.8 Å². The molecule has 2 rings (SSSR count). The second-order valence-corrected chi connectivity index (χ2v) is 5.84. The Labute approximate surface area is 122 Å². The Morgan fingerprint density at radius 3 is 2.60 bits per heavy atom. The molecule has 2 N–H and O–H groups in total. The standard InChI is InChI=1S/C17H27NO2/c1-4-12-6-5-7-13(10-12)17(18)14-8-9-15(19-2)16(11-14)20-3/h8-9,11-13,17H,4-7,10,18H2,1-3H3. The van der Waals surface area contributed by atoms with Gasteiger partial charge in [-0.15, -0.1) is 0 Å². The summed E-state index contributed by atoms with van der Waals surface area (Å²) < 4.78 is 10.7. The Morgan fingerprint density at radius 1 is 1.20 bits per heavy atom. The Kier molecular flexibility index (Phi) is 5.30. The topological polar surface area (TPSA) is 44.5 Å². The number of benzene rings is 1. The SMILES string of the molecule is CCC1CCCC(C(N)c2ccc(OC)c(OC)c2)C1. The summed E-state index contributed by atoms with van der Waals surface area (Å²) >= 11 is 0. The zero-order chi connectivity index (χ0) is 14.5. The van der Waals surface area contributed by atoms with Crippen LogP contribution in [0, 0.1) is 11.8 Å². The maximum atomic E-state index is 6.51. The summed E-state index contributed by atoms with van der Waals surface area (Å²) in [6.45, 7) is 2.29. The van der Waals surface area contributed by atoms with Crippen LogP contribution >= 0.6 is 0 Å². The minimum absolute atomic E-state index is 0.101. The molecule has 20 heavy (non-hydrogen) atoms. The van der Waals surface area contributed by atoms with E-state index in [-0.39, 0.29) is 6.04 Å². The highest BCUT2D eigenvalue weighted by Crippen LogP contribution is 2.39. The van der Waals surface area contributed by atoms with Crippen molar-refractivity contribution in [3.8, 4) is 11.5 Å². The molecule has 0 radical (unpaired) electrons. The highest BCUT2D eigenvalue weighted by molar-refractivity contribution is 5.43. The minimum atomic E-state index is 0.101. The van der Waals surface area contributed by atoms with E-state index in [0.29, 0.717) is 5.92 Å². The molecule has 1 aliphatic carbocycles. The maximum absolute atomic E-state index is 6.51. The van der Waals surface area contributed by atoms with E-state index in [0.717, 1.165) is 23.0 Å². The average Bonchev–Trinajstić information content (AvgIpc) is 2.53. The second-order valence-electron chi connectivity index (χ2n) is 5.84. The van der Waals surface area contributed by atoms with Gasteiger partial charge in [-0.2, -0.15) is 0 Å². The largest absolute Gasteiger partial charge is 0.493 e. The van der Waals surface area contributed by atoms with E-state index < -0.39 is 0 Å². The van der Waals surface area contributed by atoms with Gasteiger partial charge in [0, 0.05) is 6.04 Å². The fraction of sp³-hybridized carbons (Fsp3) is 0.647. The van der Waals surface area contributed by atoms with Crippen molar-refractivity contribution in [1.29, 1.82) is 0 Å². The molecule has 1 aromatic carbocycles. The first-order valence-electron chi connectivity index (χ1n) is 7.67. The van der Waals surface area contributed by atoms with E-state index in [1.807, 2.05) is 12.1 Å². The summed E-state index contributed by atoms with van der Waals surface area (Å²) in [6, 6.07) is 6.15. The van der Waals surface area contributed by atoms with Crippen molar-refractivity contribution in [3.63, 3.8) is 0 Å². The van der Waals surface area contributed by atoms with Gasteiger partial charge >= 0.3 is 0 Å². The fourth-order valence-electron chi connectivity index (χ4n) is 3.36. The third-order valence-corrected chi connectivity index (χ3v) is 4.70. The van der Waals surface area contributed by atoms with E-state index in [1.54, 1.807) is 14.2 Å². The van der Waals surface area contributed by atoms with Crippen LogP contribution in [0.1, 0.15) is 50.6 Å². The molecule has 0 aliphatic heterocycles. The molecular formula is C17H27NO2. The van der Waals surface area contributed by atoms with Crippen LogP contribution in [0.25, 0.3) is 0 Å². The van der Waals surface area contributed by atoms with Crippen molar-refractivity contribution < 1.29 is 9.47 Å². The Morgan fingerprint density at radius 2 is 1.95 bits per heavy atom. The van der Waals surface area contributed by atoms with E-state index in [2.05, 4.69) is 13.0 Å².